The summed E-state index contributed by atoms with van der Waals surface area (Å²) in [6.07, 6.45) is -6.41. The molecule has 0 heterocycles. The van der Waals surface area contributed by atoms with Gasteiger partial charge in [-0.1, -0.05) is 12.1 Å². The van der Waals surface area contributed by atoms with Crippen LogP contribution in [0.5, 0.6) is 0 Å². The predicted octanol–water partition coefficient (Wildman–Crippen LogP) is 3.73. The summed E-state index contributed by atoms with van der Waals surface area (Å²) in [5, 5.41) is 8.68. The summed E-state index contributed by atoms with van der Waals surface area (Å²) in [6, 6.07) is 4.68. The average Bonchev–Trinajstić information content (AvgIpc) is 2.37. The smallest absolute Gasteiger partial charge is 0.459 e. The fourth-order valence-corrected chi connectivity index (χ4v) is 1.39. The van der Waals surface area contributed by atoms with Crippen LogP contribution < -0.4 is 0 Å². The van der Waals surface area contributed by atoms with Crippen molar-refractivity contribution in [3.8, 4) is 0 Å². The Morgan fingerprint density at radius 1 is 1.09 bits per heavy atom. The van der Waals surface area contributed by atoms with Gasteiger partial charge in [-0.15, -0.1) is 0 Å². The average molecular weight is 334 g/mol. The lowest BCUT2D eigenvalue weighted by molar-refractivity contribution is -0.361. The van der Waals surface area contributed by atoms with E-state index in [0.717, 1.165) is 6.07 Å². The van der Waals surface area contributed by atoms with Crippen LogP contribution >= 0.6 is 0 Å². The zero-order chi connectivity index (χ0) is 17.2. The highest BCUT2D eigenvalue weighted by Gasteiger charge is 2.72. The lowest BCUT2D eigenvalue weighted by Crippen LogP contribution is -2.54. The van der Waals surface area contributed by atoms with Crippen LogP contribution in [0.2, 0.25) is 0 Å². The molecule has 0 bridgehead atoms. The largest absolute Gasteiger partial charge is 0.478 e. The van der Waals surface area contributed by atoms with E-state index in [4.69, 9.17) is 5.11 Å². The van der Waals surface area contributed by atoms with Gasteiger partial charge in [-0.25, -0.2) is 4.79 Å². The van der Waals surface area contributed by atoms with Gasteiger partial charge in [0.1, 0.15) is 6.61 Å². The number of hydrogen-bond acceptors (Lipinski definition) is 2. The van der Waals surface area contributed by atoms with Gasteiger partial charge in [-0.3, -0.25) is 0 Å². The molecule has 1 N–H and O–H groups in total. The second-order valence-electron chi connectivity index (χ2n) is 4.27. The Balaban J connectivity index is 2.71. The third-order valence-corrected chi connectivity index (χ3v) is 2.54. The molecule has 1 aromatic carbocycles. The molecule has 0 atom stereocenters. The van der Waals surface area contributed by atoms with Crippen LogP contribution in [-0.2, 0) is 11.3 Å². The first kappa shape index (κ1) is 18.2. The molecule has 3 nitrogen and oxygen atoms in total. The van der Waals surface area contributed by atoms with Gasteiger partial charge in [0.2, 0.25) is 0 Å². The highest BCUT2D eigenvalue weighted by molar-refractivity contribution is 5.87. The van der Waals surface area contributed by atoms with Gasteiger partial charge in [0.05, 0.1) is 12.2 Å². The Labute approximate surface area is 119 Å². The number of alkyl halides is 7. The minimum atomic E-state index is -6.41. The lowest BCUT2D eigenvalue weighted by atomic mass is 10.1. The van der Waals surface area contributed by atoms with Crippen molar-refractivity contribution in [2.24, 2.45) is 0 Å². The first-order valence-electron chi connectivity index (χ1n) is 5.61. The molecular weight excluding hydrogens is 325 g/mol. The summed E-state index contributed by atoms with van der Waals surface area (Å²) < 4.78 is 90.8. The molecule has 0 saturated heterocycles. The molecule has 0 aliphatic carbocycles. The Morgan fingerprint density at radius 2 is 1.68 bits per heavy atom. The number of halogens is 7. The Morgan fingerprint density at radius 3 is 2.18 bits per heavy atom. The molecule has 0 unspecified atom stereocenters. The first-order valence-corrected chi connectivity index (χ1v) is 5.61. The number of carboxylic acid groups (broad SMARTS) is 1. The number of carboxylic acids is 1. The zero-order valence-electron chi connectivity index (χ0n) is 10.6. The summed E-state index contributed by atoms with van der Waals surface area (Å²) in [6.45, 7) is -2.92. The van der Waals surface area contributed by atoms with E-state index in [-0.39, 0.29) is 11.1 Å². The number of ether oxygens (including phenoxy) is 1. The van der Waals surface area contributed by atoms with E-state index in [1.807, 2.05) is 0 Å². The Bertz CT molecular complexity index is 540. The minimum absolute atomic E-state index is 0.0334. The topological polar surface area (TPSA) is 46.5 Å². The van der Waals surface area contributed by atoms with Crippen molar-refractivity contribution in [2.75, 3.05) is 6.61 Å². The van der Waals surface area contributed by atoms with Gasteiger partial charge in [0.15, 0.2) is 0 Å². The van der Waals surface area contributed by atoms with Crippen molar-refractivity contribution in [2.45, 2.75) is 24.6 Å². The molecule has 10 heteroatoms. The fourth-order valence-electron chi connectivity index (χ4n) is 1.39. The molecule has 0 aliphatic heterocycles. The highest BCUT2D eigenvalue weighted by atomic mass is 19.4. The monoisotopic (exact) mass is 334 g/mol. The Hall–Kier alpha value is -1.84. The van der Waals surface area contributed by atoms with Gasteiger partial charge in [-0.05, 0) is 17.7 Å². The van der Waals surface area contributed by atoms with E-state index in [1.54, 1.807) is 0 Å². The van der Waals surface area contributed by atoms with Gasteiger partial charge in [-0.2, -0.15) is 30.7 Å². The quantitative estimate of drug-likeness (QED) is 0.807. The maximum Gasteiger partial charge on any atom is 0.459 e. The van der Waals surface area contributed by atoms with E-state index in [9.17, 15) is 35.5 Å². The van der Waals surface area contributed by atoms with Crippen molar-refractivity contribution in [1.29, 1.82) is 0 Å². The summed E-state index contributed by atoms with van der Waals surface area (Å²) in [5.41, 5.74) is -0.181. The van der Waals surface area contributed by atoms with Crippen molar-refractivity contribution in [3.63, 3.8) is 0 Å². The van der Waals surface area contributed by atoms with Crippen molar-refractivity contribution < 1.29 is 45.4 Å². The summed E-state index contributed by atoms with van der Waals surface area (Å²) in [4.78, 5) is 10.6. The highest BCUT2D eigenvalue weighted by Crippen LogP contribution is 2.46. The third-order valence-electron chi connectivity index (χ3n) is 2.54. The van der Waals surface area contributed by atoms with Gasteiger partial charge < -0.3 is 9.84 Å². The van der Waals surface area contributed by atoms with Crippen molar-refractivity contribution >= 4 is 5.97 Å². The summed E-state index contributed by atoms with van der Waals surface area (Å²) in [7, 11) is 0. The number of aromatic carboxylic acids is 1. The third kappa shape index (κ3) is 3.87. The maximum atomic E-state index is 12.9. The first-order chi connectivity index (χ1) is 9.88. The molecule has 0 amide bonds. The van der Waals surface area contributed by atoms with E-state index in [0.29, 0.717) is 0 Å². The van der Waals surface area contributed by atoms with E-state index >= 15 is 0 Å². The van der Waals surface area contributed by atoms with Crippen LogP contribution in [0.25, 0.3) is 0 Å². The number of hydrogen-bond donors (Lipinski definition) is 1. The van der Waals surface area contributed by atoms with Crippen molar-refractivity contribution in [3.05, 3.63) is 35.4 Å². The van der Waals surface area contributed by atoms with E-state index in [2.05, 4.69) is 4.74 Å². The Kier molecular flexibility index (Phi) is 5.06. The molecule has 0 saturated carbocycles. The molecule has 1 rings (SSSR count). The van der Waals surface area contributed by atoms with Crippen LogP contribution in [0.15, 0.2) is 24.3 Å². The number of carbonyl (C=O) groups is 1. The van der Waals surface area contributed by atoms with Gasteiger partial charge in [0, 0.05) is 0 Å². The predicted molar refractivity (Wildman–Crippen MR) is 59.0 cm³/mol. The molecule has 0 aromatic heterocycles. The van der Waals surface area contributed by atoms with E-state index < -0.39 is 37.2 Å². The fraction of sp³-hybridized carbons (Fsp3) is 0.417. The number of benzene rings is 1. The van der Waals surface area contributed by atoms with Crippen molar-refractivity contribution in [1.82, 2.24) is 0 Å². The van der Waals surface area contributed by atoms with Crippen LogP contribution in [0.4, 0.5) is 30.7 Å². The van der Waals surface area contributed by atoms with Gasteiger partial charge in [0.25, 0.3) is 0 Å². The zero-order valence-corrected chi connectivity index (χ0v) is 10.6. The van der Waals surface area contributed by atoms with Crippen LogP contribution in [0, 0.1) is 0 Å². The molecule has 22 heavy (non-hydrogen) atoms. The van der Waals surface area contributed by atoms with Crippen LogP contribution in [-0.4, -0.2) is 35.7 Å². The molecular formula is C12H9F7O3. The molecule has 0 fully saturated rings. The summed E-state index contributed by atoms with van der Waals surface area (Å²) in [5.74, 6) is -13.0. The summed E-state index contributed by atoms with van der Waals surface area (Å²) >= 11 is 0. The standard InChI is InChI=1S/C12H9F7O3/c13-10(14,11(15,16)12(17,18)19)6-22-5-7-2-1-3-8(4-7)9(20)21/h1-4H,5-6H2,(H,20,21). The minimum Gasteiger partial charge on any atom is -0.478 e. The second-order valence-corrected chi connectivity index (χ2v) is 4.27. The van der Waals surface area contributed by atoms with E-state index in [1.165, 1.54) is 18.2 Å². The molecule has 1 aromatic rings. The SMILES string of the molecule is O=C(O)c1cccc(COCC(F)(F)C(F)(F)C(F)(F)F)c1. The maximum absolute atomic E-state index is 12.9. The van der Waals surface area contributed by atoms with Gasteiger partial charge >= 0.3 is 24.0 Å². The number of rotatable bonds is 6. The molecule has 0 aliphatic rings. The van der Waals surface area contributed by atoms with Crippen LogP contribution in [0.1, 0.15) is 15.9 Å². The molecule has 0 radical (unpaired) electrons. The van der Waals surface area contributed by atoms with Crippen LogP contribution in [0.3, 0.4) is 0 Å². The lowest BCUT2D eigenvalue weighted by Gasteiger charge is -2.27. The second kappa shape index (κ2) is 6.11. The molecule has 124 valence electrons. The molecule has 0 spiro atoms. The normalized spacial score (nSPS) is 13.2.